The number of amides is 2. The summed E-state index contributed by atoms with van der Waals surface area (Å²) in [5.41, 5.74) is 1.01. The van der Waals surface area contributed by atoms with Gasteiger partial charge in [-0.05, 0) is 12.8 Å². The van der Waals surface area contributed by atoms with E-state index in [1.807, 2.05) is 27.1 Å². The van der Waals surface area contributed by atoms with E-state index in [1.165, 1.54) is 4.90 Å². The lowest BCUT2D eigenvalue weighted by Gasteiger charge is -2.24. The highest BCUT2D eigenvalue weighted by atomic mass is 16.2. The maximum absolute atomic E-state index is 12.3. The summed E-state index contributed by atoms with van der Waals surface area (Å²) in [4.78, 5) is 25.8. The van der Waals surface area contributed by atoms with Crippen LogP contribution in [-0.2, 0) is 23.2 Å². The van der Waals surface area contributed by atoms with Crippen LogP contribution >= 0.6 is 0 Å². The lowest BCUT2D eigenvalue weighted by atomic mass is 10.1. The molecule has 2 heterocycles. The molecule has 0 saturated carbocycles. The van der Waals surface area contributed by atoms with Gasteiger partial charge in [-0.25, -0.2) is 0 Å². The van der Waals surface area contributed by atoms with Crippen LogP contribution in [0.2, 0.25) is 0 Å². The number of carbonyl (C=O) groups is 2. The molecule has 1 aliphatic heterocycles. The zero-order valence-electron chi connectivity index (χ0n) is 12.3. The lowest BCUT2D eigenvalue weighted by molar-refractivity contribution is -0.141. The van der Waals surface area contributed by atoms with Crippen molar-refractivity contribution in [3.05, 3.63) is 18.0 Å². The van der Waals surface area contributed by atoms with E-state index in [4.69, 9.17) is 0 Å². The third-order valence-electron chi connectivity index (χ3n) is 3.80. The molecule has 1 unspecified atom stereocenters. The fraction of sp³-hybridized carbons (Fsp3) is 0.643. The molecule has 2 rings (SSSR count). The van der Waals surface area contributed by atoms with Crippen LogP contribution in [0.15, 0.2) is 12.4 Å². The van der Waals surface area contributed by atoms with Crippen molar-refractivity contribution in [1.82, 2.24) is 20.0 Å². The second-order valence-corrected chi connectivity index (χ2v) is 5.23. The van der Waals surface area contributed by atoms with Gasteiger partial charge < -0.3 is 5.32 Å². The third-order valence-corrected chi connectivity index (χ3v) is 3.80. The predicted molar refractivity (Wildman–Crippen MR) is 74.7 cm³/mol. The summed E-state index contributed by atoms with van der Waals surface area (Å²) in [5, 5.41) is 7.24. The van der Waals surface area contributed by atoms with Gasteiger partial charge in [-0.1, -0.05) is 13.8 Å². The zero-order valence-corrected chi connectivity index (χ0v) is 12.3. The van der Waals surface area contributed by atoms with Crippen molar-refractivity contribution in [2.75, 3.05) is 0 Å². The Balaban J connectivity index is 1.97. The van der Waals surface area contributed by atoms with Crippen molar-refractivity contribution in [2.24, 2.45) is 7.05 Å². The number of nitrogens with zero attached hydrogens (tertiary/aromatic N) is 3. The maximum atomic E-state index is 12.3. The molecule has 0 aliphatic carbocycles. The Labute approximate surface area is 119 Å². The summed E-state index contributed by atoms with van der Waals surface area (Å²) in [6.45, 7) is 4.56. The second-order valence-electron chi connectivity index (χ2n) is 5.23. The van der Waals surface area contributed by atoms with E-state index in [0.717, 1.165) is 18.4 Å². The van der Waals surface area contributed by atoms with Gasteiger partial charge in [0.25, 0.3) is 0 Å². The SMILES string of the molecule is CCC(CC)N1C(=O)CC(NCc2cnn(C)c2)C1=O. The molecule has 1 N–H and O–H groups in total. The first-order valence-corrected chi connectivity index (χ1v) is 7.13. The zero-order chi connectivity index (χ0) is 14.7. The number of carbonyl (C=O) groups excluding carboxylic acids is 2. The number of hydrogen-bond acceptors (Lipinski definition) is 4. The Hall–Kier alpha value is -1.69. The summed E-state index contributed by atoms with van der Waals surface area (Å²) < 4.78 is 1.72. The predicted octanol–water partition coefficient (Wildman–Crippen LogP) is 0.826. The molecule has 1 aromatic heterocycles. The molecule has 2 amide bonds. The second kappa shape index (κ2) is 6.17. The van der Waals surface area contributed by atoms with Crippen LogP contribution in [-0.4, -0.2) is 38.6 Å². The van der Waals surface area contributed by atoms with E-state index in [0.29, 0.717) is 6.54 Å². The van der Waals surface area contributed by atoms with E-state index in [9.17, 15) is 9.59 Å². The van der Waals surface area contributed by atoms with Gasteiger partial charge in [-0.15, -0.1) is 0 Å². The minimum atomic E-state index is -0.400. The minimum absolute atomic E-state index is 0.0280. The number of nitrogens with one attached hydrogen (secondary N) is 1. The minimum Gasteiger partial charge on any atom is -0.301 e. The van der Waals surface area contributed by atoms with E-state index in [2.05, 4.69) is 10.4 Å². The molecule has 1 aromatic rings. The molecule has 110 valence electrons. The Bertz CT molecular complexity index is 493. The first-order valence-electron chi connectivity index (χ1n) is 7.13. The fourth-order valence-corrected chi connectivity index (χ4v) is 2.65. The van der Waals surface area contributed by atoms with Crippen molar-refractivity contribution in [1.29, 1.82) is 0 Å². The van der Waals surface area contributed by atoms with E-state index in [-0.39, 0.29) is 24.3 Å². The number of rotatable bonds is 6. The molecule has 1 aliphatic rings. The molecule has 20 heavy (non-hydrogen) atoms. The summed E-state index contributed by atoms with van der Waals surface area (Å²) >= 11 is 0. The number of aryl methyl sites for hydroxylation is 1. The van der Waals surface area contributed by atoms with Crippen LogP contribution < -0.4 is 5.32 Å². The number of hydrogen-bond donors (Lipinski definition) is 1. The van der Waals surface area contributed by atoms with E-state index in [1.54, 1.807) is 10.9 Å². The van der Waals surface area contributed by atoms with Crippen molar-refractivity contribution >= 4 is 11.8 Å². The highest BCUT2D eigenvalue weighted by Gasteiger charge is 2.40. The van der Waals surface area contributed by atoms with Gasteiger partial charge in [0.15, 0.2) is 0 Å². The van der Waals surface area contributed by atoms with Crippen LogP contribution in [0.4, 0.5) is 0 Å². The molecule has 1 fully saturated rings. The lowest BCUT2D eigenvalue weighted by Crippen LogP contribution is -2.43. The van der Waals surface area contributed by atoms with Gasteiger partial charge >= 0.3 is 0 Å². The molecule has 0 radical (unpaired) electrons. The van der Waals surface area contributed by atoms with E-state index < -0.39 is 6.04 Å². The standard InChI is InChI=1S/C14H22N4O2/c1-4-11(5-2)18-13(19)6-12(14(18)20)15-7-10-8-16-17(3)9-10/h8-9,11-12,15H,4-7H2,1-3H3. The van der Waals surface area contributed by atoms with Crippen LogP contribution in [0, 0.1) is 0 Å². The average molecular weight is 278 g/mol. The molecule has 6 nitrogen and oxygen atoms in total. The Morgan fingerprint density at radius 1 is 1.40 bits per heavy atom. The molecule has 6 heteroatoms. The van der Waals surface area contributed by atoms with Gasteiger partial charge in [-0.3, -0.25) is 19.2 Å². The van der Waals surface area contributed by atoms with Crippen molar-refractivity contribution in [3.8, 4) is 0 Å². The summed E-state index contributed by atoms with van der Waals surface area (Å²) in [7, 11) is 1.85. The molecular formula is C14H22N4O2. The summed E-state index contributed by atoms with van der Waals surface area (Å²) in [6, 6.07) is -0.372. The molecule has 0 bridgehead atoms. The first-order chi connectivity index (χ1) is 9.56. The van der Waals surface area contributed by atoms with Gasteiger partial charge in [0.05, 0.1) is 18.7 Å². The Morgan fingerprint density at radius 3 is 2.65 bits per heavy atom. The van der Waals surface area contributed by atoms with Crippen molar-refractivity contribution in [3.63, 3.8) is 0 Å². The highest BCUT2D eigenvalue weighted by Crippen LogP contribution is 2.20. The number of aromatic nitrogens is 2. The van der Waals surface area contributed by atoms with Gasteiger partial charge in [-0.2, -0.15) is 5.10 Å². The fourth-order valence-electron chi connectivity index (χ4n) is 2.65. The summed E-state index contributed by atoms with van der Waals surface area (Å²) in [6.07, 6.45) is 5.53. The molecule has 1 atom stereocenters. The van der Waals surface area contributed by atoms with Gasteiger partial charge in [0.1, 0.15) is 0 Å². The maximum Gasteiger partial charge on any atom is 0.247 e. The number of likely N-dealkylation sites (tertiary alicyclic amines) is 1. The van der Waals surface area contributed by atoms with Crippen LogP contribution in [0.3, 0.4) is 0 Å². The van der Waals surface area contributed by atoms with E-state index >= 15 is 0 Å². The van der Waals surface area contributed by atoms with Gasteiger partial charge in [0, 0.05) is 31.4 Å². The summed E-state index contributed by atoms with van der Waals surface area (Å²) in [5.74, 6) is -0.153. The third kappa shape index (κ3) is 2.90. The van der Waals surface area contributed by atoms with Crippen molar-refractivity contribution in [2.45, 2.75) is 51.7 Å². The first kappa shape index (κ1) is 14.7. The van der Waals surface area contributed by atoms with Crippen LogP contribution in [0.25, 0.3) is 0 Å². The Kier molecular flexibility index (Phi) is 4.54. The number of imide groups is 1. The van der Waals surface area contributed by atoms with Crippen LogP contribution in [0.5, 0.6) is 0 Å². The molecule has 0 spiro atoms. The average Bonchev–Trinajstić information content (AvgIpc) is 2.95. The molecule has 0 aromatic carbocycles. The topological polar surface area (TPSA) is 67.2 Å². The molecule has 1 saturated heterocycles. The smallest absolute Gasteiger partial charge is 0.247 e. The highest BCUT2D eigenvalue weighted by molar-refractivity contribution is 6.05. The largest absolute Gasteiger partial charge is 0.301 e. The monoisotopic (exact) mass is 278 g/mol. The quantitative estimate of drug-likeness (QED) is 0.783. The Morgan fingerprint density at radius 2 is 2.10 bits per heavy atom. The van der Waals surface area contributed by atoms with Gasteiger partial charge in [0.2, 0.25) is 11.8 Å². The van der Waals surface area contributed by atoms with Crippen molar-refractivity contribution < 1.29 is 9.59 Å². The normalized spacial score (nSPS) is 19.4. The van der Waals surface area contributed by atoms with Crippen LogP contribution in [0.1, 0.15) is 38.7 Å². The molecular weight excluding hydrogens is 256 g/mol.